The second kappa shape index (κ2) is 6.88. The Morgan fingerprint density at radius 1 is 1.16 bits per heavy atom. The minimum atomic E-state index is -0.181. The SMILES string of the molecule is Cn1cnc2ncn(Cc3nc(C[C@@H]4CC(c5ccc(Cl)cc5)=C5C[C@@H]54)no3)c(=O)c21. The first-order valence-electron chi connectivity index (χ1n) is 10.2. The molecule has 2 atom stereocenters. The molecule has 0 amide bonds. The van der Waals surface area contributed by atoms with Crippen LogP contribution in [0.4, 0.5) is 0 Å². The summed E-state index contributed by atoms with van der Waals surface area (Å²) in [4.78, 5) is 25.6. The zero-order valence-corrected chi connectivity index (χ0v) is 17.6. The van der Waals surface area contributed by atoms with Crippen LogP contribution < -0.4 is 5.56 Å². The summed E-state index contributed by atoms with van der Waals surface area (Å²) in [6.45, 7) is 0.188. The third-order valence-electron chi connectivity index (χ3n) is 6.30. The molecule has 0 bridgehead atoms. The lowest BCUT2D eigenvalue weighted by molar-refractivity contribution is 0.360. The zero-order valence-electron chi connectivity index (χ0n) is 16.8. The van der Waals surface area contributed by atoms with E-state index in [0.29, 0.717) is 34.7 Å². The van der Waals surface area contributed by atoms with Gasteiger partial charge in [0, 0.05) is 18.5 Å². The van der Waals surface area contributed by atoms with Gasteiger partial charge in [0.2, 0.25) is 5.89 Å². The highest BCUT2D eigenvalue weighted by atomic mass is 35.5. The van der Waals surface area contributed by atoms with Crippen LogP contribution in [0, 0.1) is 11.8 Å². The molecule has 0 saturated heterocycles. The van der Waals surface area contributed by atoms with E-state index in [9.17, 15) is 4.79 Å². The van der Waals surface area contributed by atoms with E-state index in [-0.39, 0.29) is 12.1 Å². The third-order valence-corrected chi connectivity index (χ3v) is 6.56. The molecule has 0 unspecified atom stereocenters. The Hall–Kier alpha value is -3.26. The van der Waals surface area contributed by atoms with Crippen LogP contribution in [0.25, 0.3) is 16.7 Å². The van der Waals surface area contributed by atoms with Crippen molar-refractivity contribution in [1.82, 2.24) is 29.2 Å². The van der Waals surface area contributed by atoms with E-state index in [1.54, 1.807) is 23.5 Å². The van der Waals surface area contributed by atoms with Crippen molar-refractivity contribution in [2.45, 2.75) is 25.8 Å². The number of fused-ring (bicyclic) bond motifs is 2. The molecule has 3 heterocycles. The highest BCUT2D eigenvalue weighted by Gasteiger charge is 2.45. The van der Waals surface area contributed by atoms with Gasteiger partial charge >= 0.3 is 0 Å². The monoisotopic (exact) mass is 434 g/mol. The lowest BCUT2D eigenvalue weighted by atomic mass is 9.93. The molecule has 1 aromatic carbocycles. The van der Waals surface area contributed by atoms with Gasteiger partial charge in [0.1, 0.15) is 12.9 Å². The fourth-order valence-corrected chi connectivity index (χ4v) is 4.81. The molecule has 9 heteroatoms. The molecule has 4 aromatic rings. The predicted molar refractivity (Wildman–Crippen MR) is 114 cm³/mol. The van der Waals surface area contributed by atoms with Crippen molar-refractivity contribution >= 4 is 28.3 Å². The van der Waals surface area contributed by atoms with Crippen LogP contribution in [-0.4, -0.2) is 29.2 Å². The fourth-order valence-electron chi connectivity index (χ4n) is 4.68. The topological polar surface area (TPSA) is 91.6 Å². The Labute approximate surface area is 182 Å². The quantitative estimate of drug-likeness (QED) is 0.478. The maximum absolute atomic E-state index is 12.7. The van der Waals surface area contributed by atoms with Gasteiger partial charge in [-0.15, -0.1) is 0 Å². The van der Waals surface area contributed by atoms with Crippen molar-refractivity contribution < 1.29 is 4.52 Å². The first-order valence-corrected chi connectivity index (χ1v) is 10.6. The molecule has 1 saturated carbocycles. The van der Waals surface area contributed by atoms with E-state index >= 15 is 0 Å². The Bertz CT molecular complexity index is 1400. The van der Waals surface area contributed by atoms with E-state index in [4.69, 9.17) is 16.1 Å². The largest absolute Gasteiger partial charge is 0.337 e. The summed E-state index contributed by atoms with van der Waals surface area (Å²) in [5.41, 5.74) is 4.96. The molecule has 8 nitrogen and oxygen atoms in total. The molecule has 0 N–H and O–H groups in total. The molecular formula is C22H19ClN6O2. The van der Waals surface area contributed by atoms with Crippen molar-refractivity contribution in [3.63, 3.8) is 0 Å². The van der Waals surface area contributed by atoms with Gasteiger partial charge in [-0.2, -0.15) is 4.98 Å². The average molecular weight is 435 g/mol. The van der Waals surface area contributed by atoms with Crippen LogP contribution in [0.15, 0.2) is 51.8 Å². The number of nitrogens with zero attached hydrogens (tertiary/aromatic N) is 6. The Kier molecular flexibility index (Phi) is 4.11. The van der Waals surface area contributed by atoms with Crippen molar-refractivity contribution in [2.75, 3.05) is 0 Å². The average Bonchev–Trinajstić information content (AvgIpc) is 3.07. The maximum atomic E-state index is 12.7. The number of imidazole rings is 1. The van der Waals surface area contributed by atoms with Crippen LogP contribution in [0.5, 0.6) is 0 Å². The predicted octanol–water partition coefficient (Wildman–Crippen LogP) is 3.25. The highest BCUT2D eigenvalue weighted by molar-refractivity contribution is 6.30. The molecular weight excluding hydrogens is 416 g/mol. The first kappa shape index (κ1) is 18.5. The molecule has 0 spiro atoms. The van der Waals surface area contributed by atoms with Crippen LogP contribution in [0.1, 0.15) is 30.1 Å². The van der Waals surface area contributed by atoms with Crippen LogP contribution in [0.3, 0.4) is 0 Å². The molecule has 31 heavy (non-hydrogen) atoms. The van der Waals surface area contributed by atoms with Crippen LogP contribution in [-0.2, 0) is 20.0 Å². The molecule has 6 rings (SSSR count). The lowest BCUT2D eigenvalue weighted by Gasteiger charge is -2.11. The number of allylic oxidation sites excluding steroid dienone is 2. The number of hydrogen-bond acceptors (Lipinski definition) is 6. The summed E-state index contributed by atoms with van der Waals surface area (Å²) >= 11 is 6.03. The van der Waals surface area contributed by atoms with Gasteiger partial charge in [0.05, 0.1) is 6.33 Å². The van der Waals surface area contributed by atoms with Gasteiger partial charge in [-0.1, -0.05) is 34.5 Å². The van der Waals surface area contributed by atoms with Gasteiger partial charge in [-0.05, 0) is 47.9 Å². The summed E-state index contributed by atoms with van der Waals surface area (Å²) in [6.07, 6.45) is 5.99. The van der Waals surface area contributed by atoms with Crippen LogP contribution in [0.2, 0.25) is 5.02 Å². The first-order chi connectivity index (χ1) is 15.1. The van der Waals surface area contributed by atoms with E-state index < -0.39 is 0 Å². The molecule has 1 fully saturated rings. The van der Waals surface area contributed by atoms with Gasteiger partial charge < -0.3 is 9.09 Å². The number of benzene rings is 1. The number of halogens is 1. The summed E-state index contributed by atoms with van der Waals surface area (Å²) in [5, 5.41) is 4.92. The third kappa shape index (κ3) is 3.18. The Morgan fingerprint density at radius 3 is 2.81 bits per heavy atom. The number of aromatic nitrogens is 6. The molecule has 156 valence electrons. The molecule has 3 aromatic heterocycles. The summed E-state index contributed by atoms with van der Waals surface area (Å²) in [5.74, 6) is 2.19. The van der Waals surface area contributed by atoms with Crippen LogP contribution >= 0.6 is 11.6 Å². The second-order valence-electron chi connectivity index (χ2n) is 8.30. The summed E-state index contributed by atoms with van der Waals surface area (Å²) in [7, 11) is 1.77. The van der Waals surface area contributed by atoms with Crippen molar-refractivity contribution in [1.29, 1.82) is 0 Å². The highest BCUT2D eigenvalue weighted by Crippen LogP contribution is 2.58. The standard InChI is InChI=1S/C22H19ClN6O2/c1-28-10-24-21-20(28)22(30)29(11-25-21)9-19-26-18(27-31-19)7-13-6-15(17-8-16(13)17)12-2-4-14(23)5-3-12/h2-5,10-11,13,16H,6-9H2,1H3/t13-,16+/m0/s1. The van der Waals surface area contributed by atoms with Crippen molar-refractivity contribution in [2.24, 2.45) is 18.9 Å². The normalized spacial score (nSPS) is 19.9. The summed E-state index contributed by atoms with van der Waals surface area (Å²) < 4.78 is 8.57. The summed E-state index contributed by atoms with van der Waals surface area (Å²) in [6, 6.07) is 8.08. The van der Waals surface area contributed by atoms with E-state index in [1.165, 1.54) is 22.0 Å². The van der Waals surface area contributed by atoms with Gasteiger partial charge in [-0.25, -0.2) is 9.97 Å². The minimum Gasteiger partial charge on any atom is -0.337 e. The van der Waals surface area contributed by atoms with Gasteiger partial charge in [0.15, 0.2) is 17.0 Å². The smallest absolute Gasteiger partial charge is 0.280 e. The Morgan fingerprint density at radius 2 is 1.97 bits per heavy atom. The van der Waals surface area contributed by atoms with Gasteiger partial charge in [0.25, 0.3) is 5.56 Å². The Balaban J connectivity index is 1.17. The van der Waals surface area contributed by atoms with Crippen molar-refractivity contribution in [3.8, 4) is 0 Å². The lowest BCUT2D eigenvalue weighted by Crippen LogP contribution is -2.22. The second-order valence-corrected chi connectivity index (χ2v) is 8.74. The minimum absolute atomic E-state index is 0.181. The van der Waals surface area contributed by atoms with E-state index in [0.717, 1.165) is 24.3 Å². The molecule has 0 aliphatic heterocycles. The molecule has 0 radical (unpaired) electrons. The number of rotatable bonds is 5. The maximum Gasteiger partial charge on any atom is 0.280 e. The van der Waals surface area contributed by atoms with E-state index in [1.807, 2.05) is 12.1 Å². The number of aryl methyl sites for hydroxylation is 1. The molecule has 2 aliphatic carbocycles. The van der Waals surface area contributed by atoms with Crippen molar-refractivity contribution in [3.05, 3.63) is 75.1 Å². The van der Waals surface area contributed by atoms with E-state index in [2.05, 4.69) is 32.2 Å². The van der Waals surface area contributed by atoms with Gasteiger partial charge in [-0.3, -0.25) is 9.36 Å². The number of hydrogen-bond donors (Lipinski definition) is 0. The fraction of sp³-hybridized carbons (Fsp3) is 0.318. The zero-order chi connectivity index (χ0) is 21.1. The molecule has 2 aliphatic rings.